The molecule has 16 heavy (non-hydrogen) atoms. The molecule has 88 valence electrons. The highest BCUT2D eigenvalue weighted by molar-refractivity contribution is 5.76. The van der Waals surface area contributed by atoms with Crippen molar-refractivity contribution in [2.75, 3.05) is 6.61 Å². The maximum Gasteiger partial charge on any atom is 0.339 e. The van der Waals surface area contributed by atoms with Gasteiger partial charge in [0.25, 0.3) is 0 Å². The van der Waals surface area contributed by atoms with Crippen LogP contribution in [-0.2, 0) is 16.0 Å². The molecule has 2 N–H and O–H groups in total. The lowest BCUT2D eigenvalue weighted by molar-refractivity contribution is -0.153. The number of hydrogen-bond donors (Lipinski definition) is 2. The van der Waals surface area contributed by atoms with Crippen LogP contribution in [0.2, 0.25) is 0 Å². The van der Waals surface area contributed by atoms with Crippen LogP contribution in [0.4, 0.5) is 0 Å². The quantitative estimate of drug-likeness (QED) is 0.761. The van der Waals surface area contributed by atoms with Crippen molar-refractivity contribution >= 4 is 5.97 Å². The van der Waals surface area contributed by atoms with Crippen molar-refractivity contribution in [1.29, 1.82) is 0 Å². The lowest BCUT2D eigenvalue weighted by Crippen LogP contribution is -2.15. The van der Waals surface area contributed by atoms with Crippen LogP contribution in [0.5, 0.6) is 5.75 Å². The number of phenolic OH excluding ortho intramolecular Hbond substituents is 1. The summed E-state index contributed by atoms with van der Waals surface area (Å²) in [7, 11) is 0. The molecule has 0 aliphatic rings. The molecule has 1 aromatic rings. The second-order valence-corrected chi connectivity index (χ2v) is 3.44. The van der Waals surface area contributed by atoms with Crippen LogP contribution in [0, 0.1) is 0 Å². The fourth-order valence-corrected chi connectivity index (χ4v) is 1.42. The molecule has 0 bridgehead atoms. The minimum Gasteiger partial charge on any atom is -0.508 e. The third-order valence-electron chi connectivity index (χ3n) is 2.23. The second-order valence-electron chi connectivity index (χ2n) is 3.44. The molecule has 4 heteroatoms. The second kappa shape index (κ2) is 5.51. The van der Waals surface area contributed by atoms with Gasteiger partial charge in [-0.3, -0.25) is 0 Å². The number of aliphatic hydroxyl groups excluding tert-OH is 1. The van der Waals surface area contributed by atoms with Gasteiger partial charge in [-0.05, 0) is 36.6 Å². The number of benzene rings is 1. The van der Waals surface area contributed by atoms with Crippen molar-refractivity contribution in [3.05, 3.63) is 29.3 Å². The Labute approximate surface area is 94.5 Å². The van der Waals surface area contributed by atoms with Gasteiger partial charge in [0.2, 0.25) is 0 Å². The third-order valence-corrected chi connectivity index (χ3v) is 2.23. The molecule has 0 aliphatic heterocycles. The van der Waals surface area contributed by atoms with E-state index < -0.39 is 12.1 Å². The zero-order valence-electron chi connectivity index (χ0n) is 9.43. The summed E-state index contributed by atoms with van der Waals surface area (Å²) in [6, 6.07) is 4.64. The van der Waals surface area contributed by atoms with Gasteiger partial charge in [0.1, 0.15) is 5.75 Å². The van der Waals surface area contributed by atoms with Gasteiger partial charge in [0.15, 0.2) is 6.10 Å². The third kappa shape index (κ3) is 2.97. The first kappa shape index (κ1) is 12.5. The highest BCUT2D eigenvalue weighted by atomic mass is 16.5. The summed E-state index contributed by atoms with van der Waals surface area (Å²) in [5.41, 5.74) is 1.22. The maximum absolute atomic E-state index is 11.3. The number of phenols is 1. The van der Waals surface area contributed by atoms with Crippen molar-refractivity contribution in [3.8, 4) is 5.75 Å². The van der Waals surface area contributed by atoms with E-state index in [9.17, 15) is 15.0 Å². The van der Waals surface area contributed by atoms with Gasteiger partial charge in [-0.25, -0.2) is 4.79 Å². The molecule has 0 saturated carbocycles. The van der Waals surface area contributed by atoms with E-state index in [-0.39, 0.29) is 12.4 Å². The van der Waals surface area contributed by atoms with Gasteiger partial charge in [-0.15, -0.1) is 0 Å². The minimum atomic E-state index is -1.34. The van der Waals surface area contributed by atoms with Crippen molar-refractivity contribution < 1.29 is 19.7 Å². The van der Waals surface area contributed by atoms with E-state index in [4.69, 9.17) is 4.74 Å². The largest absolute Gasteiger partial charge is 0.508 e. The number of ether oxygens (including phenoxy) is 1. The van der Waals surface area contributed by atoms with E-state index in [1.165, 1.54) is 6.07 Å². The Morgan fingerprint density at radius 2 is 2.06 bits per heavy atom. The Morgan fingerprint density at radius 1 is 1.38 bits per heavy atom. The molecule has 0 radical (unpaired) electrons. The van der Waals surface area contributed by atoms with Crippen LogP contribution in [0.1, 0.15) is 31.1 Å². The van der Waals surface area contributed by atoms with Crippen molar-refractivity contribution in [3.63, 3.8) is 0 Å². The first-order valence-electron chi connectivity index (χ1n) is 5.26. The Bertz CT molecular complexity index is 373. The van der Waals surface area contributed by atoms with Crippen molar-refractivity contribution in [1.82, 2.24) is 0 Å². The number of aliphatic hydroxyl groups is 1. The summed E-state index contributed by atoms with van der Waals surface area (Å²) in [6.45, 7) is 3.81. The molecule has 1 aromatic carbocycles. The monoisotopic (exact) mass is 224 g/mol. The normalized spacial score (nSPS) is 12.2. The Kier molecular flexibility index (Phi) is 4.31. The fraction of sp³-hybridized carbons (Fsp3) is 0.417. The molecule has 1 atom stereocenters. The molecule has 0 aliphatic carbocycles. The minimum absolute atomic E-state index is 0.0395. The molecule has 1 rings (SSSR count). The summed E-state index contributed by atoms with van der Waals surface area (Å²) < 4.78 is 4.70. The zero-order chi connectivity index (χ0) is 12.1. The summed E-state index contributed by atoms with van der Waals surface area (Å²) in [4.78, 5) is 11.3. The van der Waals surface area contributed by atoms with Crippen LogP contribution < -0.4 is 0 Å². The lowest BCUT2D eigenvalue weighted by atomic mass is 10.0. The van der Waals surface area contributed by atoms with Crippen LogP contribution in [-0.4, -0.2) is 22.8 Å². The van der Waals surface area contributed by atoms with Crippen LogP contribution >= 0.6 is 0 Å². The standard InChI is InChI=1S/C12H16O4/c1-3-8-5-9(7-10(13)6-8)11(14)12(15)16-4-2/h5-7,11,13-14H,3-4H2,1-2H3. The molecule has 4 nitrogen and oxygen atoms in total. The van der Waals surface area contributed by atoms with Gasteiger partial charge in [0, 0.05) is 0 Å². The Balaban J connectivity index is 2.94. The summed E-state index contributed by atoms with van der Waals surface area (Å²) >= 11 is 0. The molecule has 0 amide bonds. The molecular formula is C12H16O4. The van der Waals surface area contributed by atoms with Crippen LogP contribution in [0.3, 0.4) is 0 Å². The topological polar surface area (TPSA) is 66.8 Å². The number of carbonyl (C=O) groups excluding carboxylic acids is 1. The van der Waals surface area contributed by atoms with E-state index in [0.29, 0.717) is 5.56 Å². The smallest absolute Gasteiger partial charge is 0.339 e. The summed E-state index contributed by atoms with van der Waals surface area (Å²) in [5.74, 6) is -0.659. The molecular weight excluding hydrogens is 208 g/mol. The number of aromatic hydroxyl groups is 1. The maximum atomic E-state index is 11.3. The van der Waals surface area contributed by atoms with Gasteiger partial charge in [0.05, 0.1) is 6.61 Å². The Hall–Kier alpha value is -1.55. The van der Waals surface area contributed by atoms with Gasteiger partial charge < -0.3 is 14.9 Å². The fourth-order valence-electron chi connectivity index (χ4n) is 1.42. The van der Waals surface area contributed by atoms with Gasteiger partial charge >= 0.3 is 5.97 Å². The highest BCUT2D eigenvalue weighted by Gasteiger charge is 2.19. The molecule has 0 spiro atoms. The predicted molar refractivity (Wildman–Crippen MR) is 59.1 cm³/mol. The molecule has 0 fully saturated rings. The first-order valence-corrected chi connectivity index (χ1v) is 5.26. The van der Waals surface area contributed by atoms with E-state index in [2.05, 4.69) is 0 Å². The van der Waals surface area contributed by atoms with Crippen molar-refractivity contribution in [2.24, 2.45) is 0 Å². The average molecular weight is 224 g/mol. The number of hydrogen-bond acceptors (Lipinski definition) is 4. The van der Waals surface area contributed by atoms with Crippen molar-refractivity contribution in [2.45, 2.75) is 26.4 Å². The lowest BCUT2D eigenvalue weighted by Gasteiger charge is -2.11. The van der Waals surface area contributed by atoms with Crippen LogP contribution in [0.15, 0.2) is 18.2 Å². The van der Waals surface area contributed by atoms with E-state index in [0.717, 1.165) is 12.0 Å². The highest BCUT2D eigenvalue weighted by Crippen LogP contribution is 2.22. The van der Waals surface area contributed by atoms with E-state index in [1.54, 1.807) is 19.1 Å². The molecule has 0 saturated heterocycles. The van der Waals surface area contributed by atoms with Gasteiger partial charge in [-0.1, -0.05) is 13.0 Å². The average Bonchev–Trinajstić information content (AvgIpc) is 2.27. The van der Waals surface area contributed by atoms with Gasteiger partial charge in [-0.2, -0.15) is 0 Å². The first-order chi connectivity index (χ1) is 7.58. The molecule has 0 aromatic heterocycles. The van der Waals surface area contributed by atoms with E-state index in [1.807, 2.05) is 6.92 Å². The van der Waals surface area contributed by atoms with E-state index >= 15 is 0 Å². The molecule has 1 unspecified atom stereocenters. The summed E-state index contributed by atoms with van der Waals surface area (Å²) in [5, 5.41) is 19.1. The Morgan fingerprint density at radius 3 is 2.62 bits per heavy atom. The predicted octanol–water partition coefficient (Wildman–Crippen LogP) is 1.55. The molecule has 0 heterocycles. The zero-order valence-corrected chi connectivity index (χ0v) is 9.43. The number of rotatable bonds is 4. The summed E-state index contributed by atoms with van der Waals surface area (Å²) in [6.07, 6.45) is -0.617. The SMILES string of the molecule is CCOC(=O)C(O)c1cc(O)cc(CC)c1. The van der Waals surface area contributed by atoms with Crippen LogP contribution in [0.25, 0.3) is 0 Å². The number of esters is 1. The number of carbonyl (C=O) groups is 1. The number of aryl methyl sites for hydroxylation is 1.